The van der Waals surface area contributed by atoms with Crippen LogP contribution in [0.2, 0.25) is 5.02 Å². The van der Waals surface area contributed by atoms with Crippen LogP contribution in [-0.4, -0.2) is 16.8 Å². The first-order valence-electron chi connectivity index (χ1n) is 5.47. The van der Waals surface area contributed by atoms with Gasteiger partial charge in [0.05, 0.1) is 22.5 Å². The van der Waals surface area contributed by atoms with Crippen LogP contribution in [0.5, 0.6) is 0 Å². The van der Waals surface area contributed by atoms with Gasteiger partial charge in [0.1, 0.15) is 0 Å². The second kappa shape index (κ2) is 5.22. The predicted molar refractivity (Wildman–Crippen MR) is 66.3 cm³/mol. The van der Waals surface area contributed by atoms with E-state index in [1.54, 1.807) is 13.1 Å². The quantitative estimate of drug-likeness (QED) is 0.940. The molecule has 1 N–H and O–H groups in total. The first-order valence-corrected chi connectivity index (χ1v) is 5.85. The molecule has 1 heterocycles. The molecule has 3 nitrogen and oxygen atoms in total. The standard InChI is InChI=1S/C12H11ClF3N3/c1-17-5-8-2-3-11(10(4-8)12(14,15)16)19-7-9(13)6-18-19/h2-4,6-7,17H,5H2,1H3. The maximum Gasteiger partial charge on any atom is 0.418 e. The molecule has 0 saturated carbocycles. The normalized spacial score (nSPS) is 11.8. The molecule has 0 fully saturated rings. The highest BCUT2D eigenvalue weighted by atomic mass is 35.5. The van der Waals surface area contributed by atoms with Crippen molar-refractivity contribution in [2.24, 2.45) is 0 Å². The maximum atomic E-state index is 13.1. The molecule has 0 unspecified atom stereocenters. The fourth-order valence-electron chi connectivity index (χ4n) is 1.76. The first kappa shape index (κ1) is 13.9. The highest BCUT2D eigenvalue weighted by Crippen LogP contribution is 2.34. The zero-order chi connectivity index (χ0) is 14.0. The monoisotopic (exact) mass is 289 g/mol. The van der Waals surface area contributed by atoms with E-state index >= 15 is 0 Å². The summed E-state index contributed by atoms with van der Waals surface area (Å²) in [6, 6.07) is 4.12. The van der Waals surface area contributed by atoms with E-state index in [4.69, 9.17) is 11.6 Å². The Morgan fingerprint density at radius 1 is 1.37 bits per heavy atom. The minimum absolute atomic E-state index is 0.0424. The number of hydrogen-bond donors (Lipinski definition) is 1. The van der Waals surface area contributed by atoms with Crippen molar-refractivity contribution in [3.8, 4) is 5.69 Å². The van der Waals surface area contributed by atoms with Crippen LogP contribution < -0.4 is 5.32 Å². The van der Waals surface area contributed by atoms with E-state index < -0.39 is 11.7 Å². The number of benzene rings is 1. The van der Waals surface area contributed by atoms with E-state index in [1.807, 2.05) is 0 Å². The Kier molecular flexibility index (Phi) is 3.82. The van der Waals surface area contributed by atoms with Crippen molar-refractivity contribution in [1.82, 2.24) is 15.1 Å². The highest BCUT2D eigenvalue weighted by molar-refractivity contribution is 6.30. The third kappa shape index (κ3) is 3.08. The molecule has 1 aromatic heterocycles. The van der Waals surface area contributed by atoms with Crippen LogP contribution in [0, 0.1) is 0 Å². The minimum Gasteiger partial charge on any atom is -0.316 e. The molecule has 2 aromatic rings. The van der Waals surface area contributed by atoms with Gasteiger partial charge in [-0.05, 0) is 24.7 Å². The summed E-state index contributed by atoms with van der Waals surface area (Å²) in [5.41, 5.74) is -0.226. The summed E-state index contributed by atoms with van der Waals surface area (Å²) in [6.07, 6.45) is -1.81. The minimum atomic E-state index is -4.45. The van der Waals surface area contributed by atoms with Crippen LogP contribution in [-0.2, 0) is 12.7 Å². The van der Waals surface area contributed by atoms with E-state index in [9.17, 15) is 13.2 Å². The third-order valence-corrected chi connectivity index (χ3v) is 2.74. The molecule has 0 aliphatic carbocycles. The number of rotatable bonds is 3. The zero-order valence-corrected chi connectivity index (χ0v) is 10.8. The molecule has 0 saturated heterocycles. The van der Waals surface area contributed by atoms with Crippen molar-refractivity contribution in [1.29, 1.82) is 0 Å². The van der Waals surface area contributed by atoms with Crippen LogP contribution in [0.4, 0.5) is 13.2 Å². The van der Waals surface area contributed by atoms with Gasteiger partial charge in [0.25, 0.3) is 0 Å². The Morgan fingerprint density at radius 3 is 2.63 bits per heavy atom. The molecular formula is C12H11ClF3N3. The van der Waals surface area contributed by atoms with E-state index in [1.165, 1.54) is 18.5 Å². The molecule has 0 amide bonds. The topological polar surface area (TPSA) is 29.9 Å². The van der Waals surface area contributed by atoms with Crippen molar-refractivity contribution in [2.75, 3.05) is 7.05 Å². The number of alkyl halides is 3. The molecule has 7 heteroatoms. The van der Waals surface area contributed by atoms with Crippen molar-refractivity contribution in [3.63, 3.8) is 0 Å². The number of nitrogens with one attached hydrogen (secondary N) is 1. The summed E-state index contributed by atoms with van der Waals surface area (Å²) in [4.78, 5) is 0. The Balaban J connectivity index is 2.54. The number of aromatic nitrogens is 2. The maximum absolute atomic E-state index is 13.1. The van der Waals surface area contributed by atoms with Crippen molar-refractivity contribution < 1.29 is 13.2 Å². The first-order chi connectivity index (χ1) is 8.91. The van der Waals surface area contributed by atoms with Gasteiger partial charge < -0.3 is 5.32 Å². The summed E-state index contributed by atoms with van der Waals surface area (Å²) >= 11 is 5.68. The number of hydrogen-bond acceptors (Lipinski definition) is 2. The largest absolute Gasteiger partial charge is 0.418 e. The van der Waals surface area contributed by atoms with Crippen molar-refractivity contribution in [2.45, 2.75) is 12.7 Å². The molecule has 2 rings (SSSR count). The van der Waals surface area contributed by atoms with E-state index in [0.29, 0.717) is 12.1 Å². The van der Waals surface area contributed by atoms with E-state index in [2.05, 4.69) is 10.4 Å². The van der Waals surface area contributed by atoms with Gasteiger partial charge in [-0.25, -0.2) is 4.68 Å². The molecule has 0 atom stereocenters. The summed E-state index contributed by atoms with van der Waals surface area (Å²) in [7, 11) is 1.68. The van der Waals surface area contributed by atoms with Gasteiger partial charge in [0.15, 0.2) is 0 Å². The van der Waals surface area contributed by atoms with Crippen LogP contribution in [0.15, 0.2) is 30.6 Å². The average Bonchev–Trinajstić information content (AvgIpc) is 2.75. The summed E-state index contributed by atoms with van der Waals surface area (Å²) in [5.74, 6) is 0. The third-order valence-electron chi connectivity index (χ3n) is 2.55. The second-order valence-electron chi connectivity index (χ2n) is 3.98. The lowest BCUT2D eigenvalue weighted by Gasteiger charge is -2.14. The van der Waals surface area contributed by atoms with Gasteiger partial charge >= 0.3 is 6.18 Å². The smallest absolute Gasteiger partial charge is 0.316 e. The second-order valence-corrected chi connectivity index (χ2v) is 4.42. The average molecular weight is 290 g/mol. The van der Waals surface area contributed by atoms with Crippen LogP contribution in [0.3, 0.4) is 0 Å². The summed E-state index contributed by atoms with van der Waals surface area (Å²) in [5, 5.41) is 6.90. The molecule has 0 aliphatic rings. The lowest BCUT2D eigenvalue weighted by atomic mass is 10.1. The van der Waals surface area contributed by atoms with Gasteiger partial charge in [0.2, 0.25) is 0 Å². The van der Waals surface area contributed by atoms with Gasteiger partial charge in [-0.1, -0.05) is 17.7 Å². The van der Waals surface area contributed by atoms with E-state index in [-0.39, 0.29) is 10.7 Å². The Morgan fingerprint density at radius 2 is 2.11 bits per heavy atom. The van der Waals surface area contributed by atoms with Gasteiger partial charge in [-0.15, -0.1) is 0 Å². The predicted octanol–water partition coefficient (Wildman–Crippen LogP) is 3.26. The van der Waals surface area contributed by atoms with Gasteiger partial charge in [0, 0.05) is 12.7 Å². The molecule has 102 valence electrons. The Hall–Kier alpha value is -1.53. The van der Waals surface area contributed by atoms with E-state index in [0.717, 1.165) is 10.7 Å². The van der Waals surface area contributed by atoms with Crippen LogP contribution in [0.25, 0.3) is 5.69 Å². The molecule has 19 heavy (non-hydrogen) atoms. The summed E-state index contributed by atoms with van der Waals surface area (Å²) < 4.78 is 40.3. The van der Waals surface area contributed by atoms with Gasteiger partial charge in [-0.2, -0.15) is 18.3 Å². The lowest BCUT2D eigenvalue weighted by molar-refractivity contribution is -0.137. The highest BCUT2D eigenvalue weighted by Gasteiger charge is 2.34. The fourth-order valence-corrected chi connectivity index (χ4v) is 1.89. The summed E-state index contributed by atoms with van der Waals surface area (Å²) in [6.45, 7) is 0.364. The number of nitrogens with zero attached hydrogens (tertiary/aromatic N) is 2. The Bertz CT molecular complexity index is 578. The zero-order valence-electron chi connectivity index (χ0n) is 10.0. The molecular weight excluding hydrogens is 279 g/mol. The van der Waals surface area contributed by atoms with Gasteiger partial charge in [-0.3, -0.25) is 0 Å². The molecule has 0 aliphatic heterocycles. The Labute approximate surface area is 113 Å². The van der Waals surface area contributed by atoms with Crippen LogP contribution >= 0.6 is 11.6 Å². The molecule has 1 aromatic carbocycles. The molecule has 0 bridgehead atoms. The van der Waals surface area contributed by atoms with Crippen molar-refractivity contribution >= 4 is 11.6 Å². The van der Waals surface area contributed by atoms with Crippen LogP contribution in [0.1, 0.15) is 11.1 Å². The lowest BCUT2D eigenvalue weighted by Crippen LogP contribution is -2.13. The fraction of sp³-hybridized carbons (Fsp3) is 0.250. The SMILES string of the molecule is CNCc1ccc(-n2cc(Cl)cn2)c(C(F)(F)F)c1. The number of halogens is 4. The molecule has 0 spiro atoms. The van der Waals surface area contributed by atoms with Crippen molar-refractivity contribution in [3.05, 3.63) is 46.7 Å². The molecule has 0 radical (unpaired) electrons.